The Labute approximate surface area is 280 Å². The van der Waals surface area contributed by atoms with Crippen LogP contribution >= 0.6 is 24.8 Å². The van der Waals surface area contributed by atoms with E-state index in [1.54, 1.807) is 67.4 Å². The fraction of sp³-hybridized carbons (Fsp3) is 0.0882. The largest absolute Gasteiger partial charge is 0.493 e. The van der Waals surface area contributed by atoms with E-state index in [2.05, 4.69) is 15.0 Å². The zero-order chi connectivity index (χ0) is 30.9. The molecule has 0 bridgehead atoms. The summed E-state index contributed by atoms with van der Waals surface area (Å²) in [5, 5.41) is 11.7. The van der Waals surface area contributed by atoms with Crippen molar-refractivity contribution in [2.24, 2.45) is 0 Å². The van der Waals surface area contributed by atoms with Crippen LogP contribution in [0.1, 0.15) is 5.56 Å². The number of nitrogens with zero attached hydrogens (tertiary/aromatic N) is 7. The van der Waals surface area contributed by atoms with Gasteiger partial charge in [0.1, 0.15) is 5.69 Å². The average Bonchev–Trinajstić information content (AvgIpc) is 3.10. The third kappa shape index (κ3) is 6.01. The Balaban J connectivity index is 0.00000217. The third-order valence-corrected chi connectivity index (χ3v) is 7.50. The van der Waals surface area contributed by atoms with E-state index in [4.69, 9.17) is 19.7 Å². The molecule has 0 atom stereocenters. The minimum Gasteiger partial charge on any atom is -0.493 e. The number of hydrogen-bond acceptors (Lipinski definition) is 9. The van der Waals surface area contributed by atoms with E-state index in [1.165, 1.54) is 23.6 Å². The fourth-order valence-electron chi connectivity index (χ4n) is 5.34. The first-order valence-electron chi connectivity index (χ1n) is 14.0. The standard InChI is InChI=1S/C34H25N7O4.2ClH/c1-44-28-16-26-27(17-29(28)45-2)33(42)40(20-21-7-5-12-35-18-21)38-31(26)22-11-14-37-30(15-22)41-34(43)25-10-4-3-9-24(25)32(39-41)23-8-6-13-36-19-23;;/h3-19H,20H2,1-2H3;2*1H. The van der Waals surface area contributed by atoms with Gasteiger partial charge in [0.2, 0.25) is 0 Å². The summed E-state index contributed by atoms with van der Waals surface area (Å²) in [6.45, 7) is 0.196. The highest BCUT2D eigenvalue weighted by molar-refractivity contribution is 5.96. The Hall–Kier alpha value is -5.65. The van der Waals surface area contributed by atoms with Crippen LogP contribution in [0.15, 0.2) is 113 Å². The summed E-state index contributed by atoms with van der Waals surface area (Å²) in [4.78, 5) is 40.4. The molecule has 0 aliphatic carbocycles. The van der Waals surface area contributed by atoms with Gasteiger partial charge in [-0.15, -0.1) is 24.8 Å². The first-order chi connectivity index (χ1) is 22.1. The van der Waals surface area contributed by atoms with Gasteiger partial charge in [-0.3, -0.25) is 19.6 Å². The van der Waals surface area contributed by atoms with Crippen LogP contribution in [0.5, 0.6) is 11.5 Å². The zero-order valence-corrected chi connectivity index (χ0v) is 26.7. The molecule has 0 saturated carbocycles. The number of benzene rings is 2. The lowest BCUT2D eigenvalue weighted by molar-refractivity contribution is 0.356. The number of fused-ring (bicyclic) bond motifs is 2. The van der Waals surface area contributed by atoms with E-state index in [1.807, 2.05) is 36.4 Å². The van der Waals surface area contributed by atoms with Gasteiger partial charge in [-0.1, -0.05) is 24.3 Å². The minimum atomic E-state index is -0.325. The van der Waals surface area contributed by atoms with Crippen LogP contribution in [0.25, 0.3) is 49.9 Å². The van der Waals surface area contributed by atoms with Crippen LogP contribution in [0.2, 0.25) is 0 Å². The SMILES string of the molecule is COc1cc2c(-c3ccnc(-n4nc(-c5cccnc5)c5ccccc5c4=O)c3)nn(Cc3cccnc3)c(=O)c2cc1OC.Cl.Cl. The maximum atomic E-state index is 13.8. The number of aromatic nitrogens is 7. The van der Waals surface area contributed by atoms with Crippen molar-refractivity contribution >= 4 is 46.4 Å². The van der Waals surface area contributed by atoms with Crippen molar-refractivity contribution in [3.8, 4) is 39.8 Å². The Morgan fingerprint density at radius 2 is 1.32 bits per heavy atom. The molecule has 0 radical (unpaired) electrons. The number of ether oxygens (including phenoxy) is 2. The van der Waals surface area contributed by atoms with Gasteiger partial charge in [0, 0.05) is 52.9 Å². The number of halogens is 2. The van der Waals surface area contributed by atoms with Crippen molar-refractivity contribution in [2.75, 3.05) is 14.2 Å². The maximum absolute atomic E-state index is 13.8. The van der Waals surface area contributed by atoms with Gasteiger partial charge in [-0.25, -0.2) is 9.67 Å². The Morgan fingerprint density at radius 3 is 2.00 bits per heavy atom. The molecule has 0 saturated heterocycles. The van der Waals surface area contributed by atoms with Gasteiger partial charge in [0.05, 0.1) is 37.2 Å². The van der Waals surface area contributed by atoms with Crippen molar-refractivity contribution in [3.63, 3.8) is 0 Å². The number of rotatable bonds is 7. The van der Waals surface area contributed by atoms with Gasteiger partial charge in [0.15, 0.2) is 17.3 Å². The normalized spacial score (nSPS) is 10.7. The lowest BCUT2D eigenvalue weighted by Gasteiger charge is -2.15. The van der Waals surface area contributed by atoms with Gasteiger partial charge >= 0.3 is 0 Å². The second kappa shape index (κ2) is 13.8. The Morgan fingerprint density at radius 1 is 0.638 bits per heavy atom. The molecule has 5 aromatic heterocycles. The predicted octanol–water partition coefficient (Wildman–Crippen LogP) is 5.52. The molecule has 47 heavy (non-hydrogen) atoms. The highest BCUT2D eigenvalue weighted by Crippen LogP contribution is 2.35. The summed E-state index contributed by atoms with van der Waals surface area (Å²) in [7, 11) is 3.05. The van der Waals surface area contributed by atoms with Crippen molar-refractivity contribution < 1.29 is 9.47 Å². The van der Waals surface area contributed by atoms with Crippen LogP contribution in [-0.2, 0) is 6.54 Å². The summed E-state index contributed by atoms with van der Waals surface area (Å²) in [5.74, 6) is 1.14. The third-order valence-electron chi connectivity index (χ3n) is 7.50. The van der Waals surface area contributed by atoms with E-state index in [0.717, 1.165) is 11.1 Å². The molecule has 0 aliphatic rings. The summed E-state index contributed by atoms with van der Waals surface area (Å²) < 4.78 is 13.7. The molecule has 13 heteroatoms. The molecule has 7 aromatic rings. The monoisotopic (exact) mass is 667 g/mol. The Kier molecular flexibility index (Phi) is 9.59. The topological polar surface area (TPSA) is 127 Å². The fourth-order valence-corrected chi connectivity index (χ4v) is 5.34. The summed E-state index contributed by atoms with van der Waals surface area (Å²) in [6, 6.07) is 21.6. The van der Waals surface area contributed by atoms with Crippen LogP contribution in [-0.4, -0.2) is 48.7 Å². The molecular formula is C34H27Cl2N7O4. The van der Waals surface area contributed by atoms with E-state index >= 15 is 0 Å². The molecule has 11 nitrogen and oxygen atoms in total. The molecule has 0 spiro atoms. The number of pyridine rings is 3. The van der Waals surface area contributed by atoms with Crippen LogP contribution in [0.3, 0.4) is 0 Å². The molecule has 236 valence electrons. The second-order valence-corrected chi connectivity index (χ2v) is 10.2. The highest BCUT2D eigenvalue weighted by atomic mass is 35.5. The van der Waals surface area contributed by atoms with E-state index in [0.29, 0.717) is 50.0 Å². The molecule has 7 rings (SSSR count). The first-order valence-corrected chi connectivity index (χ1v) is 14.0. The van der Waals surface area contributed by atoms with Gasteiger partial charge in [0.25, 0.3) is 11.1 Å². The maximum Gasteiger partial charge on any atom is 0.280 e. The van der Waals surface area contributed by atoms with Gasteiger partial charge in [-0.05, 0) is 54.1 Å². The van der Waals surface area contributed by atoms with Crippen molar-refractivity contribution in [2.45, 2.75) is 6.54 Å². The summed E-state index contributed by atoms with van der Waals surface area (Å²) >= 11 is 0. The van der Waals surface area contributed by atoms with Crippen molar-refractivity contribution in [1.82, 2.24) is 34.5 Å². The van der Waals surface area contributed by atoms with Crippen LogP contribution < -0.4 is 20.6 Å². The molecular weight excluding hydrogens is 641 g/mol. The molecule has 0 fully saturated rings. The quantitative estimate of drug-likeness (QED) is 0.216. The predicted molar refractivity (Wildman–Crippen MR) is 184 cm³/mol. The second-order valence-electron chi connectivity index (χ2n) is 10.2. The minimum absolute atomic E-state index is 0. The molecule has 5 heterocycles. The lowest BCUT2D eigenvalue weighted by Crippen LogP contribution is -2.25. The van der Waals surface area contributed by atoms with Crippen LogP contribution in [0.4, 0.5) is 0 Å². The Bertz CT molecular complexity index is 2330. The van der Waals surface area contributed by atoms with E-state index in [9.17, 15) is 9.59 Å². The zero-order valence-electron chi connectivity index (χ0n) is 25.1. The molecule has 0 unspecified atom stereocenters. The van der Waals surface area contributed by atoms with Crippen molar-refractivity contribution in [1.29, 1.82) is 0 Å². The summed E-state index contributed by atoms with van der Waals surface area (Å²) in [6.07, 6.45) is 8.33. The molecule has 2 aromatic carbocycles. The van der Waals surface area contributed by atoms with Gasteiger partial charge in [-0.2, -0.15) is 14.9 Å². The number of methoxy groups -OCH3 is 2. The molecule has 0 amide bonds. The van der Waals surface area contributed by atoms with E-state index < -0.39 is 0 Å². The lowest BCUT2D eigenvalue weighted by atomic mass is 10.0. The highest BCUT2D eigenvalue weighted by Gasteiger charge is 2.19. The summed E-state index contributed by atoms with van der Waals surface area (Å²) in [5.41, 5.74) is 2.63. The molecule has 0 N–H and O–H groups in total. The van der Waals surface area contributed by atoms with Crippen LogP contribution in [0, 0.1) is 0 Å². The smallest absolute Gasteiger partial charge is 0.280 e. The molecule has 0 aliphatic heterocycles. The first kappa shape index (κ1) is 32.7. The van der Waals surface area contributed by atoms with E-state index in [-0.39, 0.29) is 48.3 Å². The van der Waals surface area contributed by atoms with Crippen molar-refractivity contribution in [3.05, 3.63) is 130 Å². The van der Waals surface area contributed by atoms with Gasteiger partial charge < -0.3 is 9.47 Å². The average molecular weight is 669 g/mol. The number of hydrogen-bond donors (Lipinski definition) is 0.